The van der Waals surface area contributed by atoms with Gasteiger partial charge in [-0.25, -0.2) is 9.97 Å². The van der Waals surface area contributed by atoms with E-state index in [1.807, 2.05) is 52.2 Å². The van der Waals surface area contributed by atoms with Crippen LogP contribution in [-0.2, 0) is 16.1 Å². The molecule has 156 valence electrons. The first-order valence-corrected chi connectivity index (χ1v) is 9.59. The molecule has 0 saturated carbocycles. The first kappa shape index (κ1) is 22.3. The number of nitrogens with zero attached hydrogens (tertiary/aromatic N) is 4. The molecule has 2 rings (SSSR count). The molecule has 8 heteroatoms. The van der Waals surface area contributed by atoms with Crippen molar-refractivity contribution in [3.8, 4) is 11.3 Å². The van der Waals surface area contributed by atoms with Crippen molar-refractivity contribution in [2.24, 2.45) is 0 Å². The predicted octanol–water partition coefficient (Wildman–Crippen LogP) is 1.95. The average Bonchev–Trinajstić information content (AvgIpc) is 2.73. The molecule has 0 aliphatic heterocycles. The zero-order chi connectivity index (χ0) is 21.4. The van der Waals surface area contributed by atoms with Crippen molar-refractivity contribution in [2.75, 3.05) is 45.8 Å². The first-order valence-electron chi connectivity index (χ1n) is 9.59. The van der Waals surface area contributed by atoms with Crippen LogP contribution in [0, 0.1) is 0 Å². The van der Waals surface area contributed by atoms with Crippen molar-refractivity contribution in [3.05, 3.63) is 41.6 Å². The summed E-state index contributed by atoms with van der Waals surface area (Å²) in [6.45, 7) is 5.56. The maximum atomic E-state index is 13.0. The van der Waals surface area contributed by atoms with Gasteiger partial charge in [0.15, 0.2) is 0 Å². The average molecular weight is 399 g/mol. The van der Waals surface area contributed by atoms with Crippen molar-refractivity contribution < 1.29 is 14.3 Å². The van der Waals surface area contributed by atoms with Gasteiger partial charge in [0.25, 0.3) is 5.91 Å². The highest BCUT2D eigenvalue weighted by molar-refractivity contribution is 5.99. The topological polar surface area (TPSA) is 87.7 Å². The second-order valence-electron chi connectivity index (χ2n) is 6.71. The Hall–Kier alpha value is -3.00. The van der Waals surface area contributed by atoms with Crippen LogP contribution in [0.2, 0.25) is 0 Å². The molecule has 0 atom stereocenters. The molecule has 0 radical (unpaired) electrons. The van der Waals surface area contributed by atoms with E-state index in [0.717, 1.165) is 11.1 Å². The van der Waals surface area contributed by atoms with Crippen LogP contribution in [0.1, 0.15) is 29.8 Å². The summed E-state index contributed by atoms with van der Waals surface area (Å²) in [5.74, 6) is 0.272. The number of aromatic nitrogens is 2. The van der Waals surface area contributed by atoms with E-state index in [1.54, 1.807) is 16.0 Å². The summed E-state index contributed by atoms with van der Waals surface area (Å²) < 4.78 is 4.81. The number of hydrogen-bond acceptors (Lipinski definition) is 6. The molecule has 2 amide bonds. The number of carbonyl (C=O) groups excluding carboxylic acids is 2. The second kappa shape index (κ2) is 10.5. The fourth-order valence-electron chi connectivity index (χ4n) is 2.81. The van der Waals surface area contributed by atoms with Crippen molar-refractivity contribution in [1.82, 2.24) is 20.2 Å². The van der Waals surface area contributed by atoms with Crippen molar-refractivity contribution in [1.29, 1.82) is 0 Å². The minimum absolute atomic E-state index is 0.0309. The third-order valence-electron chi connectivity index (χ3n) is 4.45. The zero-order valence-corrected chi connectivity index (χ0v) is 17.7. The number of rotatable bonds is 9. The van der Waals surface area contributed by atoms with Crippen LogP contribution in [0.5, 0.6) is 0 Å². The molecule has 0 aliphatic carbocycles. The number of anilines is 1. The van der Waals surface area contributed by atoms with Gasteiger partial charge < -0.3 is 19.9 Å². The van der Waals surface area contributed by atoms with E-state index in [-0.39, 0.29) is 18.4 Å². The lowest BCUT2D eigenvalue weighted by atomic mass is 10.0. The molecule has 1 heterocycles. The fraction of sp³-hybridized carbons (Fsp3) is 0.429. The Morgan fingerprint density at radius 1 is 1.10 bits per heavy atom. The minimum Gasteiger partial charge on any atom is -0.375 e. The number of ether oxygens (including phenoxy) is 1. The molecule has 1 aromatic heterocycles. The number of hydrogen-bond donors (Lipinski definition) is 1. The third kappa shape index (κ3) is 5.74. The van der Waals surface area contributed by atoms with Gasteiger partial charge in [0, 0.05) is 52.6 Å². The quantitative estimate of drug-likeness (QED) is 0.694. The van der Waals surface area contributed by atoms with Crippen LogP contribution >= 0.6 is 0 Å². The van der Waals surface area contributed by atoms with E-state index < -0.39 is 0 Å². The predicted molar refractivity (Wildman–Crippen MR) is 113 cm³/mol. The van der Waals surface area contributed by atoms with E-state index >= 15 is 0 Å². The smallest absolute Gasteiger partial charge is 0.257 e. The van der Waals surface area contributed by atoms with Gasteiger partial charge in [-0.2, -0.15) is 0 Å². The number of methoxy groups -OCH3 is 1. The van der Waals surface area contributed by atoms with Crippen LogP contribution in [0.3, 0.4) is 0 Å². The highest BCUT2D eigenvalue weighted by Gasteiger charge is 2.20. The first-order chi connectivity index (χ1) is 13.9. The van der Waals surface area contributed by atoms with Crippen LogP contribution in [0.25, 0.3) is 11.3 Å². The van der Waals surface area contributed by atoms with Gasteiger partial charge in [-0.15, -0.1) is 0 Å². The van der Waals surface area contributed by atoms with Gasteiger partial charge in [0.2, 0.25) is 11.9 Å². The van der Waals surface area contributed by atoms with Gasteiger partial charge in [0.1, 0.15) is 6.61 Å². The van der Waals surface area contributed by atoms with Crippen LogP contribution in [-0.4, -0.2) is 67.6 Å². The summed E-state index contributed by atoms with van der Waals surface area (Å²) in [7, 11) is 5.20. The Morgan fingerprint density at radius 2 is 1.76 bits per heavy atom. The maximum Gasteiger partial charge on any atom is 0.257 e. The minimum atomic E-state index is -0.171. The van der Waals surface area contributed by atoms with Crippen molar-refractivity contribution in [2.45, 2.75) is 20.4 Å². The van der Waals surface area contributed by atoms with E-state index in [1.165, 1.54) is 7.11 Å². The summed E-state index contributed by atoms with van der Waals surface area (Å²) in [4.78, 5) is 37.0. The van der Waals surface area contributed by atoms with Gasteiger partial charge in [-0.05, 0) is 19.4 Å². The Kier molecular flexibility index (Phi) is 8.09. The largest absolute Gasteiger partial charge is 0.375 e. The summed E-state index contributed by atoms with van der Waals surface area (Å²) in [5.41, 5.74) is 2.82. The normalized spacial score (nSPS) is 10.5. The molecule has 8 nitrogen and oxygen atoms in total. The number of carbonyl (C=O) groups is 2. The molecule has 29 heavy (non-hydrogen) atoms. The van der Waals surface area contributed by atoms with Gasteiger partial charge in [0.05, 0.1) is 11.3 Å². The Bertz CT molecular complexity index is 833. The lowest BCUT2D eigenvalue weighted by molar-refractivity contribution is -0.124. The highest BCUT2D eigenvalue weighted by Crippen LogP contribution is 2.25. The van der Waals surface area contributed by atoms with Crippen LogP contribution in [0.4, 0.5) is 5.95 Å². The molecule has 0 unspecified atom stereocenters. The molecule has 1 aromatic carbocycles. The van der Waals surface area contributed by atoms with Gasteiger partial charge >= 0.3 is 0 Å². The van der Waals surface area contributed by atoms with E-state index in [0.29, 0.717) is 36.8 Å². The Balaban J connectivity index is 2.34. The highest BCUT2D eigenvalue weighted by atomic mass is 16.5. The summed E-state index contributed by atoms with van der Waals surface area (Å²) in [6.07, 6.45) is 1.59. The van der Waals surface area contributed by atoms with Crippen LogP contribution < -0.4 is 10.2 Å². The zero-order valence-electron chi connectivity index (χ0n) is 17.7. The molecule has 0 saturated heterocycles. The summed E-state index contributed by atoms with van der Waals surface area (Å²) >= 11 is 0. The summed E-state index contributed by atoms with van der Waals surface area (Å²) in [5, 5.41) is 2.79. The van der Waals surface area contributed by atoms with Crippen molar-refractivity contribution in [3.63, 3.8) is 0 Å². The lowest BCUT2D eigenvalue weighted by Crippen LogP contribution is -2.31. The lowest BCUT2D eigenvalue weighted by Gasteiger charge is -2.21. The number of amides is 2. The molecule has 0 fully saturated rings. The monoisotopic (exact) mass is 399 g/mol. The molecule has 1 N–H and O–H groups in total. The summed E-state index contributed by atoms with van der Waals surface area (Å²) in [6, 6.07) is 7.62. The van der Waals surface area contributed by atoms with Gasteiger partial charge in [-0.1, -0.05) is 24.3 Å². The molecule has 0 aliphatic rings. The van der Waals surface area contributed by atoms with E-state index in [9.17, 15) is 9.59 Å². The standard InChI is InChI=1S/C21H29N5O3/c1-6-26(7-2)20(28)17-13-23-21(25(3)4)24-19(17)16-10-8-15(9-11-16)12-22-18(27)14-29-5/h8-11,13H,6-7,12,14H2,1-5H3,(H,22,27). The Morgan fingerprint density at radius 3 is 2.31 bits per heavy atom. The number of nitrogens with one attached hydrogen (secondary N) is 1. The van der Waals surface area contributed by atoms with Gasteiger partial charge in [-0.3, -0.25) is 9.59 Å². The third-order valence-corrected chi connectivity index (χ3v) is 4.45. The second-order valence-corrected chi connectivity index (χ2v) is 6.71. The van der Waals surface area contributed by atoms with E-state index in [2.05, 4.69) is 15.3 Å². The molecule has 2 aromatic rings. The van der Waals surface area contributed by atoms with Crippen LogP contribution in [0.15, 0.2) is 30.5 Å². The fourth-order valence-corrected chi connectivity index (χ4v) is 2.81. The molecule has 0 bridgehead atoms. The maximum absolute atomic E-state index is 13.0. The molecular weight excluding hydrogens is 370 g/mol. The van der Waals surface area contributed by atoms with E-state index in [4.69, 9.17) is 4.74 Å². The molecular formula is C21H29N5O3. The van der Waals surface area contributed by atoms with Crippen molar-refractivity contribution >= 4 is 17.8 Å². The Labute approximate surface area is 171 Å². The number of benzene rings is 1. The SMILES string of the molecule is CCN(CC)C(=O)c1cnc(N(C)C)nc1-c1ccc(CNC(=O)COC)cc1. The molecule has 0 spiro atoms.